The molecule has 3 nitrogen and oxygen atoms in total. The summed E-state index contributed by atoms with van der Waals surface area (Å²) in [6.07, 6.45) is 12.2. The van der Waals surface area contributed by atoms with Crippen molar-refractivity contribution in [2.45, 2.75) is 71.8 Å². The minimum atomic E-state index is -0.163. The number of ketones is 1. The number of benzene rings is 1. The third-order valence-corrected chi connectivity index (χ3v) is 9.25. The van der Waals surface area contributed by atoms with Gasteiger partial charge in [-0.1, -0.05) is 61.9 Å². The number of hydrogen-bond donors (Lipinski definition) is 0. The second kappa shape index (κ2) is 7.46. The number of fused-ring (bicyclic) bond motifs is 5. The van der Waals surface area contributed by atoms with Crippen LogP contribution in [0, 0.1) is 28.6 Å². The number of carbonyl (C=O) groups is 2. The maximum atomic E-state index is 13.4. The van der Waals surface area contributed by atoms with Gasteiger partial charge in [0.2, 0.25) is 0 Å². The lowest BCUT2D eigenvalue weighted by molar-refractivity contribution is -0.148. The van der Waals surface area contributed by atoms with Crippen molar-refractivity contribution in [1.82, 2.24) is 0 Å². The first-order valence-corrected chi connectivity index (χ1v) is 12.0. The highest BCUT2D eigenvalue weighted by molar-refractivity contribution is 6.09. The zero-order valence-electron chi connectivity index (χ0n) is 19.0. The molecule has 1 aromatic carbocycles. The van der Waals surface area contributed by atoms with Crippen molar-refractivity contribution in [2.75, 3.05) is 0 Å². The summed E-state index contributed by atoms with van der Waals surface area (Å²) in [4.78, 5) is 24.8. The van der Waals surface area contributed by atoms with Crippen LogP contribution >= 0.6 is 0 Å². The predicted molar refractivity (Wildman–Crippen MR) is 121 cm³/mol. The molecular formula is C28H34O3. The van der Waals surface area contributed by atoms with E-state index in [0.717, 1.165) is 49.7 Å². The van der Waals surface area contributed by atoms with Gasteiger partial charge in [0.05, 0.1) is 0 Å². The summed E-state index contributed by atoms with van der Waals surface area (Å²) >= 11 is 0. The number of ether oxygens (including phenoxy) is 1. The average molecular weight is 419 g/mol. The molecule has 0 radical (unpaired) electrons. The van der Waals surface area contributed by atoms with Crippen LogP contribution in [0.2, 0.25) is 0 Å². The maximum Gasteiger partial charge on any atom is 0.302 e. The minimum absolute atomic E-state index is 0.00919. The zero-order valence-corrected chi connectivity index (χ0v) is 19.0. The molecule has 0 unspecified atom stereocenters. The maximum absolute atomic E-state index is 13.4. The molecule has 1 aromatic rings. The number of hydrogen-bond acceptors (Lipinski definition) is 3. The van der Waals surface area contributed by atoms with Gasteiger partial charge >= 0.3 is 5.97 Å². The lowest BCUT2D eigenvalue weighted by Crippen LogP contribution is -2.50. The molecule has 4 aliphatic carbocycles. The fourth-order valence-electron chi connectivity index (χ4n) is 7.63. The molecule has 164 valence electrons. The molecule has 2 saturated carbocycles. The lowest BCUT2D eigenvalue weighted by atomic mass is 9.47. The standard InChI is InChI=1S/C28H34O3/c1-18(29)31-21-13-15-27(2)20(17-21)9-10-22-23-11-12-25(28(23,3)16-14-24(22)27)26(30)19-7-5-4-6-8-19/h4-9,12,21-24H,10-11,13-17H2,1-3H3/t21-,22-,23+,24-,27+,28+/m1/s1. The van der Waals surface area contributed by atoms with Crippen molar-refractivity contribution < 1.29 is 14.3 Å². The smallest absolute Gasteiger partial charge is 0.302 e. The van der Waals surface area contributed by atoms with Gasteiger partial charge in [-0.15, -0.1) is 0 Å². The van der Waals surface area contributed by atoms with Crippen LogP contribution < -0.4 is 0 Å². The molecule has 5 rings (SSSR count). The summed E-state index contributed by atoms with van der Waals surface area (Å²) in [6, 6.07) is 9.78. The van der Waals surface area contributed by atoms with E-state index in [1.165, 1.54) is 18.9 Å². The number of rotatable bonds is 3. The number of esters is 1. The Morgan fingerprint density at radius 2 is 1.68 bits per heavy atom. The summed E-state index contributed by atoms with van der Waals surface area (Å²) in [6.45, 7) is 6.33. The van der Waals surface area contributed by atoms with Crippen LogP contribution in [-0.4, -0.2) is 17.9 Å². The highest BCUT2D eigenvalue weighted by atomic mass is 16.5. The second-order valence-corrected chi connectivity index (χ2v) is 10.7. The van der Waals surface area contributed by atoms with Crippen molar-refractivity contribution in [3.63, 3.8) is 0 Å². The summed E-state index contributed by atoms with van der Waals surface area (Å²) in [5, 5.41) is 0. The highest BCUT2D eigenvalue weighted by Gasteiger charge is 2.57. The quantitative estimate of drug-likeness (QED) is 0.329. The van der Waals surface area contributed by atoms with E-state index in [-0.39, 0.29) is 28.7 Å². The van der Waals surface area contributed by atoms with Crippen molar-refractivity contribution in [1.29, 1.82) is 0 Å². The van der Waals surface area contributed by atoms with E-state index < -0.39 is 0 Å². The molecule has 0 saturated heterocycles. The van der Waals surface area contributed by atoms with Crippen LogP contribution in [0.15, 0.2) is 53.6 Å². The average Bonchev–Trinajstić information content (AvgIpc) is 3.11. The normalized spacial score (nSPS) is 38.8. The van der Waals surface area contributed by atoms with Crippen LogP contribution in [0.1, 0.15) is 76.1 Å². The van der Waals surface area contributed by atoms with Gasteiger partial charge in [-0.25, -0.2) is 0 Å². The Hall–Kier alpha value is -2.16. The molecule has 0 N–H and O–H groups in total. The van der Waals surface area contributed by atoms with Crippen LogP contribution in [0.3, 0.4) is 0 Å². The Labute approximate surface area is 185 Å². The van der Waals surface area contributed by atoms with Gasteiger partial charge in [-0.3, -0.25) is 9.59 Å². The van der Waals surface area contributed by atoms with E-state index in [0.29, 0.717) is 17.8 Å². The lowest BCUT2D eigenvalue weighted by Gasteiger charge is -2.57. The van der Waals surface area contributed by atoms with Crippen molar-refractivity contribution >= 4 is 11.8 Å². The first-order chi connectivity index (χ1) is 14.8. The molecule has 0 aliphatic heterocycles. The topological polar surface area (TPSA) is 43.4 Å². The highest BCUT2D eigenvalue weighted by Crippen LogP contribution is 2.65. The Kier molecular flexibility index (Phi) is 4.99. The Morgan fingerprint density at radius 1 is 0.935 bits per heavy atom. The van der Waals surface area contributed by atoms with Gasteiger partial charge in [0.1, 0.15) is 6.10 Å². The molecule has 0 bridgehead atoms. The molecule has 0 spiro atoms. The summed E-state index contributed by atoms with van der Waals surface area (Å²) in [5.74, 6) is 1.92. The first-order valence-electron chi connectivity index (χ1n) is 12.0. The van der Waals surface area contributed by atoms with E-state index in [4.69, 9.17) is 4.74 Å². The fraction of sp³-hybridized carbons (Fsp3) is 0.571. The third-order valence-electron chi connectivity index (χ3n) is 9.25. The largest absolute Gasteiger partial charge is 0.462 e. The molecule has 0 heterocycles. The van der Waals surface area contributed by atoms with Crippen molar-refractivity contribution in [2.24, 2.45) is 28.6 Å². The van der Waals surface area contributed by atoms with Gasteiger partial charge in [0.15, 0.2) is 5.78 Å². The van der Waals surface area contributed by atoms with E-state index in [1.807, 2.05) is 30.3 Å². The van der Waals surface area contributed by atoms with Gasteiger partial charge in [-0.2, -0.15) is 0 Å². The Bertz CT molecular complexity index is 958. The Morgan fingerprint density at radius 3 is 2.42 bits per heavy atom. The van der Waals surface area contributed by atoms with Crippen LogP contribution in [-0.2, 0) is 9.53 Å². The first kappa shape index (κ1) is 20.7. The van der Waals surface area contributed by atoms with Gasteiger partial charge in [0, 0.05) is 24.5 Å². The Balaban J connectivity index is 1.39. The number of allylic oxidation sites excluding steroid dienone is 3. The molecule has 31 heavy (non-hydrogen) atoms. The number of carbonyl (C=O) groups excluding carboxylic acids is 2. The minimum Gasteiger partial charge on any atom is -0.462 e. The van der Waals surface area contributed by atoms with Crippen LogP contribution in [0.5, 0.6) is 0 Å². The van der Waals surface area contributed by atoms with E-state index in [9.17, 15) is 9.59 Å². The van der Waals surface area contributed by atoms with Gasteiger partial charge in [0.25, 0.3) is 0 Å². The zero-order chi connectivity index (χ0) is 21.8. The van der Waals surface area contributed by atoms with Crippen LogP contribution in [0.4, 0.5) is 0 Å². The number of Topliss-reactive ketones (excluding diaryl/α,β-unsaturated/α-hetero) is 1. The molecule has 2 fully saturated rings. The van der Waals surface area contributed by atoms with E-state index in [1.54, 1.807) is 0 Å². The van der Waals surface area contributed by atoms with Gasteiger partial charge < -0.3 is 4.74 Å². The SMILES string of the molecule is CC(=O)O[C@@H]1CC[C@@]2(C)C(=CC[C@H]3[C@H]2CC[C@]2(C)C(C(=O)c4ccccc4)=CC[C@@H]32)C1. The van der Waals surface area contributed by atoms with E-state index in [2.05, 4.69) is 26.0 Å². The fourth-order valence-corrected chi connectivity index (χ4v) is 7.63. The summed E-state index contributed by atoms with van der Waals surface area (Å²) < 4.78 is 5.56. The van der Waals surface area contributed by atoms with E-state index >= 15 is 0 Å². The molecule has 6 atom stereocenters. The third kappa shape index (κ3) is 3.23. The van der Waals surface area contributed by atoms with Crippen LogP contribution in [0.25, 0.3) is 0 Å². The second-order valence-electron chi connectivity index (χ2n) is 10.7. The molecular weight excluding hydrogens is 384 g/mol. The monoisotopic (exact) mass is 418 g/mol. The molecule has 0 amide bonds. The summed E-state index contributed by atoms with van der Waals surface area (Å²) in [7, 11) is 0. The molecule has 4 aliphatic rings. The predicted octanol–water partition coefficient (Wildman–Crippen LogP) is 6.30. The molecule has 0 aromatic heterocycles. The molecule has 3 heteroatoms. The van der Waals surface area contributed by atoms with Gasteiger partial charge in [-0.05, 0) is 67.1 Å². The van der Waals surface area contributed by atoms with Crippen molar-refractivity contribution in [3.05, 3.63) is 59.2 Å². The summed E-state index contributed by atoms with van der Waals surface area (Å²) in [5.41, 5.74) is 3.60. The van der Waals surface area contributed by atoms with Crippen molar-refractivity contribution in [3.8, 4) is 0 Å².